The lowest BCUT2D eigenvalue weighted by molar-refractivity contribution is 0.800. The Bertz CT molecular complexity index is 883. The molecule has 21 heavy (non-hydrogen) atoms. The first-order valence-electron chi connectivity index (χ1n) is 7.17. The summed E-state index contributed by atoms with van der Waals surface area (Å²) in [4.78, 5) is 19.7. The number of H-pyrrole nitrogens is 1. The number of anilines is 1. The van der Waals surface area contributed by atoms with Crippen molar-refractivity contribution in [2.75, 3.05) is 11.9 Å². The van der Waals surface area contributed by atoms with Crippen LogP contribution in [-0.2, 0) is 6.42 Å². The second kappa shape index (κ2) is 4.74. The Hall–Kier alpha value is -2.62. The fourth-order valence-corrected chi connectivity index (χ4v) is 2.82. The van der Waals surface area contributed by atoms with Gasteiger partial charge in [0.2, 0.25) is 0 Å². The van der Waals surface area contributed by atoms with Crippen molar-refractivity contribution in [2.45, 2.75) is 12.8 Å². The van der Waals surface area contributed by atoms with Crippen LogP contribution in [0.25, 0.3) is 22.2 Å². The Balaban J connectivity index is 1.88. The van der Waals surface area contributed by atoms with Crippen LogP contribution in [-0.4, -0.2) is 16.5 Å². The highest BCUT2D eigenvalue weighted by Gasteiger charge is 2.15. The molecule has 1 aliphatic heterocycles. The third kappa shape index (κ3) is 2.09. The number of rotatable bonds is 1. The van der Waals surface area contributed by atoms with Crippen LogP contribution >= 0.6 is 0 Å². The van der Waals surface area contributed by atoms with Gasteiger partial charge in [-0.15, -0.1) is 0 Å². The van der Waals surface area contributed by atoms with Crippen LogP contribution in [0.2, 0.25) is 0 Å². The SMILES string of the molecule is O=c1[nH]c(-c2ccc3ccccc3c2)nc2c1CCCN2. The van der Waals surface area contributed by atoms with E-state index in [-0.39, 0.29) is 5.56 Å². The molecule has 1 aromatic heterocycles. The van der Waals surface area contributed by atoms with Crippen molar-refractivity contribution < 1.29 is 0 Å². The number of hydrogen-bond donors (Lipinski definition) is 2. The topological polar surface area (TPSA) is 57.8 Å². The van der Waals surface area contributed by atoms with Gasteiger partial charge in [0.05, 0.1) is 5.56 Å². The van der Waals surface area contributed by atoms with E-state index in [1.165, 1.54) is 5.39 Å². The van der Waals surface area contributed by atoms with E-state index < -0.39 is 0 Å². The molecule has 4 nitrogen and oxygen atoms in total. The molecule has 0 bridgehead atoms. The molecule has 0 amide bonds. The molecule has 3 aromatic rings. The molecule has 0 atom stereocenters. The number of nitrogens with one attached hydrogen (secondary N) is 2. The van der Waals surface area contributed by atoms with Gasteiger partial charge in [-0.2, -0.15) is 0 Å². The molecule has 0 aliphatic carbocycles. The molecule has 2 aromatic carbocycles. The van der Waals surface area contributed by atoms with Gasteiger partial charge in [-0.05, 0) is 29.7 Å². The number of hydrogen-bond acceptors (Lipinski definition) is 3. The third-order valence-corrected chi connectivity index (χ3v) is 3.93. The zero-order valence-electron chi connectivity index (χ0n) is 11.5. The largest absolute Gasteiger partial charge is 0.370 e. The van der Waals surface area contributed by atoms with E-state index in [1.54, 1.807) is 0 Å². The van der Waals surface area contributed by atoms with Crippen LogP contribution in [0.3, 0.4) is 0 Å². The fraction of sp³-hybridized carbons (Fsp3) is 0.176. The molecule has 0 spiro atoms. The lowest BCUT2D eigenvalue weighted by Crippen LogP contribution is -2.24. The summed E-state index contributed by atoms with van der Waals surface area (Å²) in [5, 5.41) is 5.54. The van der Waals surface area contributed by atoms with Crippen LogP contribution < -0.4 is 10.9 Å². The number of aromatic amines is 1. The summed E-state index contributed by atoms with van der Waals surface area (Å²) in [7, 11) is 0. The van der Waals surface area contributed by atoms with Crippen molar-refractivity contribution in [3.8, 4) is 11.4 Å². The Morgan fingerprint density at radius 1 is 1.05 bits per heavy atom. The quantitative estimate of drug-likeness (QED) is 0.719. The minimum atomic E-state index is -0.0321. The predicted molar refractivity (Wildman–Crippen MR) is 84.6 cm³/mol. The van der Waals surface area contributed by atoms with Gasteiger partial charge in [-0.1, -0.05) is 36.4 Å². The molecule has 0 unspecified atom stereocenters. The van der Waals surface area contributed by atoms with Crippen LogP contribution in [0.1, 0.15) is 12.0 Å². The highest BCUT2D eigenvalue weighted by atomic mass is 16.1. The third-order valence-electron chi connectivity index (χ3n) is 3.93. The number of nitrogens with zero attached hydrogens (tertiary/aromatic N) is 1. The van der Waals surface area contributed by atoms with Gasteiger partial charge >= 0.3 is 0 Å². The Morgan fingerprint density at radius 2 is 1.90 bits per heavy atom. The van der Waals surface area contributed by atoms with Crippen LogP contribution in [0.4, 0.5) is 5.82 Å². The van der Waals surface area contributed by atoms with Gasteiger partial charge in [0.15, 0.2) is 0 Å². The second-order valence-electron chi connectivity index (χ2n) is 5.33. The Labute approximate surface area is 121 Å². The summed E-state index contributed by atoms with van der Waals surface area (Å²) in [6.07, 6.45) is 1.77. The fourth-order valence-electron chi connectivity index (χ4n) is 2.82. The smallest absolute Gasteiger partial charge is 0.256 e. The molecular formula is C17H15N3O. The summed E-state index contributed by atoms with van der Waals surface area (Å²) in [5.41, 5.74) is 1.67. The second-order valence-corrected chi connectivity index (χ2v) is 5.33. The van der Waals surface area contributed by atoms with E-state index in [4.69, 9.17) is 0 Å². The molecule has 4 rings (SSSR count). The standard InChI is InChI=1S/C17H15N3O/c21-17-14-6-3-9-18-16(14)19-15(20-17)13-8-7-11-4-1-2-5-12(11)10-13/h1-2,4-5,7-8,10H,3,6,9H2,(H2,18,19,20,21). The summed E-state index contributed by atoms with van der Waals surface area (Å²) >= 11 is 0. The summed E-state index contributed by atoms with van der Waals surface area (Å²) in [6, 6.07) is 14.3. The number of aromatic nitrogens is 2. The zero-order chi connectivity index (χ0) is 14.2. The lowest BCUT2D eigenvalue weighted by Gasteiger charge is -2.16. The van der Waals surface area contributed by atoms with Crippen molar-refractivity contribution in [3.63, 3.8) is 0 Å². The van der Waals surface area contributed by atoms with Gasteiger partial charge in [0, 0.05) is 12.1 Å². The maximum absolute atomic E-state index is 12.2. The van der Waals surface area contributed by atoms with Crippen LogP contribution in [0.5, 0.6) is 0 Å². The normalized spacial score (nSPS) is 13.7. The average molecular weight is 277 g/mol. The molecule has 4 heteroatoms. The van der Waals surface area contributed by atoms with E-state index >= 15 is 0 Å². The first-order valence-corrected chi connectivity index (χ1v) is 7.17. The molecule has 1 aliphatic rings. The minimum Gasteiger partial charge on any atom is -0.370 e. The van der Waals surface area contributed by atoms with Crippen molar-refractivity contribution in [1.29, 1.82) is 0 Å². The van der Waals surface area contributed by atoms with Gasteiger partial charge in [-0.3, -0.25) is 4.79 Å². The van der Waals surface area contributed by atoms with Crippen molar-refractivity contribution in [2.24, 2.45) is 0 Å². The molecule has 0 saturated carbocycles. The minimum absolute atomic E-state index is 0.0321. The molecule has 0 saturated heterocycles. The van der Waals surface area contributed by atoms with E-state index in [0.29, 0.717) is 5.82 Å². The summed E-state index contributed by atoms with van der Waals surface area (Å²) in [6.45, 7) is 0.876. The van der Waals surface area contributed by atoms with Crippen molar-refractivity contribution >= 4 is 16.6 Å². The van der Waals surface area contributed by atoms with E-state index in [9.17, 15) is 4.79 Å². The van der Waals surface area contributed by atoms with Crippen LogP contribution in [0.15, 0.2) is 47.3 Å². The molecule has 2 heterocycles. The highest BCUT2D eigenvalue weighted by Crippen LogP contribution is 2.24. The number of benzene rings is 2. The Morgan fingerprint density at radius 3 is 2.81 bits per heavy atom. The monoisotopic (exact) mass is 277 g/mol. The van der Waals surface area contributed by atoms with Crippen molar-refractivity contribution in [1.82, 2.24) is 9.97 Å². The first kappa shape index (κ1) is 12.1. The average Bonchev–Trinajstić information content (AvgIpc) is 2.54. The maximum atomic E-state index is 12.2. The Kier molecular flexibility index (Phi) is 2.74. The van der Waals surface area contributed by atoms with E-state index in [0.717, 1.165) is 41.7 Å². The highest BCUT2D eigenvalue weighted by molar-refractivity contribution is 5.86. The van der Waals surface area contributed by atoms with Crippen molar-refractivity contribution in [3.05, 3.63) is 58.4 Å². The maximum Gasteiger partial charge on any atom is 0.256 e. The molecule has 104 valence electrons. The van der Waals surface area contributed by atoms with Gasteiger partial charge in [0.1, 0.15) is 11.6 Å². The van der Waals surface area contributed by atoms with E-state index in [2.05, 4.69) is 39.6 Å². The summed E-state index contributed by atoms with van der Waals surface area (Å²) in [5.74, 6) is 1.35. The summed E-state index contributed by atoms with van der Waals surface area (Å²) < 4.78 is 0. The zero-order valence-corrected chi connectivity index (χ0v) is 11.5. The first-order chi connectivity index (χ1) is 10.3. The van der Waals surface area contributed by atoms with Gasteiger partial charge in [0.25, 0.3) is 5.56 Å². The molecule has 0 radical (unpaired) electrons. The molecular weight excluding hydrogens is 262 g/mol. The number of fused-ring (bicyclic) bond motifs is 2. The van der Waals surface area contributed by atoms with Gasteiger partial charge in [-0.25, -0.2) is 4.98 Å². The molecule has 0 fully saturated rings. The predicted octanol–water partition coefficient (Wildman–Crippen LogP) is 2.95. The lowest BCUT2D eigenvalue weighted by atomic mass is 10.1. The van der Waals surface area contributed by atoms with Crippen LogP contribution in [0, 0.1) is 0 Å². The molecule has 2 N–H and O–H groups in total. The van der Waals surface area contributed by atoms with Gasteiger partial charge < -0.3 is 10.3 Å². The van der Waals surface area contributed by atoms with E-state index in [1.807, 2.05) is 18.2 Å².